The van der Waals surface area contributed by atoms with Crippen molar-refractivity contribution in [3.05, 3.63) is 28.2 Å². The van der Waals surface area contributed by atoms with Crippen LogP contribution in [0.2, 0.25) is 0 Å². The SMILES string of the molecule is Brc1ccc(N2CCOCC2)c(CCN2CCNCC2)c1. The Morgan fingerprint density at radius 1 is 1.10 bits per heavy atom. The van der Waals surface area contributed by atoms with Crippen molar-refractivity contribution in [2.75, 3.05) is 63.9 Å². The van der Waals surface area contributed by atoms with Crippen molar-refractivity contribution in [2.24, 2.45) is 0 Å². The van der Waals surface area contributed by atoms with Gasteiger partial charge in [-0.1, -0.05) is 15.9 Å². The molecule has 1 aromatic carbocycles. The summed E-state index contributed by atoms with van der Waals surface area (Å²) in [6.45, 7) is 9.41. The molecule has 0 radical (unpaired) electrons. The van der Waals surface area contributed by atoms with E-state index in [1.165, 1.54) is 28.8 Å². The number of nitrogens with one attached hydrogen (secondary N) is 1. The monoisotopic (exact) mass is 353 g/mol. The van der Waals surface area contributed by atoms with Gasteiger partial charge in [-0.05, 0) is 30.2 Å². The summed E-state index contributed by atoms with van der Waals surface area (Å²) in [6, 6.07) is 6.69. The molecule has 5 heteroatoms. The zero-order chi connectivity index (χ0) is 14.5. The van der Waals surface area contributed by atoms with E-state index in [0.29, 0.717) is 0 Å². The number of benzene rings is 1. The molecule has 0 atom stereocenters. The molecule has 2 saturated heterocycles. The van der Waals surface area contributed by atoms with E-state index in [-0.39, 0.29) is 0 Å². The van der Waals surface area contributed by atoms with Crippen LogP contribution in [-0.4, -0.2) is 63.9 Å². The van der Waals surface area contributed by atoms with Gasteiger partial charge >= 0.3 is 0 Å². The molecule has 1 N–H and O–H groups in total. The summed E-state index contributed by atoms with van der Waals surface area (Å²) in [4.78, 5) is 5.02. The van der Waals surface area contributed by atoms with E-state index in [2.05, 4.69) is 49.2 Å². The lowest BCUT2D eigenvalue weighted by atomic mass is 10.1. The van der Waals surface area contributed by atoms with Gasteiger partial charge in [0, 0.05) is 56.0 Å². The maximum Gasteiger partial charge on any atom is 0.0642 e. The van der Waals surface area contributed by atoms with Crippen LogP contribution in [0, 0.1) is 0 Å². The molecule has 21 heavy (non-hydrogen) atoms. The molecule has 2 heterocycles. The minimum Gasteiger partial charge on any atom is -0.378 e. The minimum atomic E-state index is 0.841. The van der Waals surface area contributed by atoms with Crippen LogP contribution in [0.5, 0.6) is 0 Å². The predicted molar refractivity (Wildman–Crippen MR) is 90.2 cm³/mol. The summed E-state index contributed by atoms with van der Waals surface area (Å²) < 4.78 is 6.65. The first-order valence-electron chi connectivity index (χ1n) is 7.87. The van der Waals surface area contributed by atoms with Gasteiger partial charge in [0.2, 0.25) is 0 Å². The van der Waals surface area contributed by atoms with E-state index in [1.54, 1.807) is 0 Å². The van der Waals surface area contributed by atoms with Crippen molar-refractivity contribution < 1.29 is 4.74 Å². The van der Waals surface area contributed by atoms with Crippen LogP contribution >= 0.6 is 15.9 Å². The molecule has 0 aliphatic carbocycles. The van der Waals surface area contributed by atoms with Crippen LogP contribution in [0.4, 0.5) is 5.69 Å². The van der Waals surface area contributed by atoms with Crippen LogP contribution in [0.15, 0.2) is 22.7 Å². The molecule has 0 spiro atoms. The molecule has 0 saturated carbocycles. The summed E-state index contributed by atoms with van der Waals surface area (Å²) in [5, 5.41) is 3.41. The average Bonchev–Trinajstić information content (AvgIpc) is 2.55. The number of anilines is 1. The zero-order valence-electron chi connectivity index (χ0n) is 12.5. The quantitative estimate of drug-likeness (QED) is 0.892. The summed E-state index contributed by atoms with van der Waals surface area (Å²) in [6.07, 6.45) is 1.12. The molecule has 0 bridgehead atoms. The molecule has 116 valence electrons. The van der Waals surface area contributed by atoms with Crippen molar-refractivity contribution >= 4 is 21.6 Å². The molecule has 4 nitrogen and oxygen atoms in total. The third-order valence-corrected chi connectivity index (χ3v) is 4.79. The molecule has 3 rings (SSSR count). The zero-order valence-corrected chi connectivity index (χ0v) is 14.1. The van der Waals surface area contributed by atoms with Crippen LogP contribution in [0.25, 0.3) is 0 Å². The lowest BCUT2D eigenvalue weighted by molar-refractivity contribution is 0.122. The number of piperazine rings is 1. The highest BCUT2D eigenvalue weighted by Gasteiger charge is 2.16. The summed E-state index contributed by atoms with van der Waals surface area (Å²) in [7, 11) is 0. The normalized spacial score (nSPS) is 20.7. The van der Waals surface area contributed by atoms with E-state index in [4.69, 9.17) is 4.74 Å². The van der Waals surface area contributed by atoms with Crippen molar-refractivity contribution in [3.63, 3.8) is 0 Å². The Hall–Kier alpha value is -0.620. The van der Waals surface area contributed by atoms with Gasteiger partial charge in [0.15, 0.2) is 0 Å². The molecule has 2 fully saturated rings. The molecule has 0 amide bonds. The Balaban J connectivity index is 1.68. The van der Waals surface area contributed by atoms with E-state index in [9.17, 15) is 0 Å². The number of hydrogen-bond acceptors (Lipinski definition) is 4. The highest BCUT2D eigenvalue weighted by Crippen LogP contribution is 2.26. The highest BCUT2D eigenvalue weighted by molar-refractivity contribution is 9.10. The minimum absolute atomic E-state index is 0.841. The molecular weight excluding hydrogens is 330 g/mol. The number of halogens is 1. The van der Waals surface area contributed by atoms with Gasteiger partial charge in [-0.15, -0.1) is 0 Å². The first-order valence-corrected chi connectivity index (χ1v) is 8.66. The number of hydrogen-bond donors (Lipinski definition) is 1. The fourth-order valence-electron chi connectivity index (χ4n) is 3.08. The number of ether oxygens (including phenoxy) is 1. The molecule has 2 aliphatic heterocycles. The van der Waals surface area contributed by atoms with Gasteiger partial charge in [-0.25, -0.2) is 0 Å². The van der Waals surface area contributed by atoms with Gasteiger partial charge in [0.05, 0.1) is 13.2 Å². The second kappa shape index (κ2) is 7.58. The Morgan fingerprint density at radius 2 is 1.86 bits per heavy atom. The van der Waals surface area contributed by atoms with E-state index < -0.39 is 0 Å². The number of nitrogens with zero attached hydrogens (tertiary/aromatic N) is 2. The van der Waals surface area contributed by atoms with Gasteiger partial charge < -0.3 is 19.9 Å². The lowest BCUT2D eigenvalue weighted by Gasteiger charge is -2.32. The van der Waals surface area contributed by atoms with E-state index in [0.717, 1.165) is 52.4 Å². The third-order valence-electron chi connectivity index (χ3n) is 4.30. The summed E-state index contributed by atoms with van der Waals surface area (Å²) >= 11 is 3.62. The Bertz CT molecular complexity index is 457. The molecule has 0 unspecified atom stereocenters. The van der Waals surface area contributed by atoms with Crippen molar-refractivity contribution in [1.29, 1.82) is 0 Å². The fraction of sp³-hybridized carbons (Fsp3) is 0.625. The number of morpholine rings is 1. The maximum atomic E-state index is 5.47. The van der Waals surface area contributed by atoms with Gasteiger partial charge in [0.25, 0.3) is 0 Å². The fourth-order valence-corrected chi connectivity index (χ4v) is 3.49. The van der Waals surface area contributed by atoms with Crippen molar-refractivity contribution in [3.8, 4) is 0 Å². The van der Waals surface area contributed by atoms with Crippen LogP contribution in [0.1, 0.15) is 5.56 Å². The first kappa shape index (κ1) is 15.3. The second-order valence-corrected chi connectivity index (χ2v) is 6.63. The Morgan fingerprint density at radius 3 is 2.62 bits per heavy atom. The number of rotatable bonds is 4. The average molecular weight is 354 g/mol. The smallest absolute Gasteiger partial charge is 0.0642 e. The largest absolute Gasteiger partial charge is 0.378 e. The molecule has 2 aliphatic rings. The standard InChI is InChI=1S/C16H24BrN3O/c17-15-1-2-16(20-9-11-21-12-10-20)14(13-15)3-6-19-7-4-18-5-8-19/h1-2,13,18H,3-12H2. The highest BCUT2D eigenvalue weighted by atomic mass is 79.9. The van der Waals surface area contributed by atoms with Gasteiger partial charge in [0.1, 0.15) is 0 Å². The van der Waals surface area contributed by atoms with Gasteiger partial charge in [-0.2, -0.15) is 0 Å². The van der Waals surface area contributed by atoms with Crippen molar-refractivity contribution in [1.82, 2.24) is 10.2 Å². The van der Waals surface area contributed by atoms with E-state index >= 15 is 0 Å². The third kappa shape index (κ3) is 4.19. The molecule has 0 aromatic heterocycles. The van der Waals surface area contributed by atoms with E-state index in [1.807, 2.05) is 0 Å². The summed E-state index contributed by atoms with van der Waals surface area (Å²) in [5.74, 6) is 0. The second-order valence-electron chi connectivity index (χ2n) is 5.71. The van der Waals surface area contributed by atoms with Crippen LogP contribution in [0.3, 0.4) is 0 Å². The van der Waals surface area contributed by atoms with Crippen LogP contribution < -0.4 is 10.2 Å². The maximum absolute atomic E-state index is 5.47. The lowest BCUT2D eigenvalue weighted by Crippen LogP contribution is -2.44. The molecule has 1 aromatic rings. The summed E-state index contributed by atoms with van der Waals surface area (Å²) in [5.41, 5.74) is 2.83. The Kier molecular flexibility index (Phi) is 5.52. The predicted octanol–water partition coefficient (Wildman–Crippen LogP) is 1.73. The molecular formula is C16H24BrN3O. The van der Waals surface area contributed by atoms with Gasteiger partial charge in [-0.3, -0.25) is 0 Å². The first-order chi connectivity index (χ1) is 10.3. The van der Waals surface area contributed by atoms with Crippen molar-refractivity contribution in [2.45, 2.75) is 6.42 Å². The topological polar surface area (TPSA) is 27.7 Å². The Labute approximate surface area is 135 Å². The van der Waals surface area contributed by atoms with Crippen LogP contribution in [-0.2, 0) is 11.2 Å².